The zero-order valence-corrected chi connectivity index (χ0v) is 20.3. The van der Waals surface area contributed by atoms with Crippen molar-refractivity contribution >= 4 is 17.2 Å². The molecule has 4 aromatic rings. The molecule has 0 radical (unpaired) electrons. The van der Waals surface area contributed by atoms with E-state index < -0.39 is 11.7 Å². The van der Waals surface area contributed by atoms with Crippen molar-refractivity contribution in [2.24, 2.45) is 5.73 Å². The topological polar surface area (TPSA) is 98.1 Å². The molecule has 7 nitrogen and oxygen atoms in total. The molecule has 5 rings (SSSR count). The van der Waals surface area contributed by atoms with Crippen LogP contribution in [0.5, 0.6) is 0 Å². The molecule has 2 N–H and O–H groups in total. The van der Waals surface area contributed by atoms with Crippen LogP contribution in [0.4, 0.5) is 4.39 Å². The maximum atomic E-state index is 14.3. The van der Waals surface area contributed by atoms with Gasteiger partial charge in [0.2, 0.25) is 11.8 Å². The van der Waals surface area contributed by atoms with Crippen LogP contribution in [-0.2, 0) is 12.0 Å². The van der Waals surface area contributed by atoms with Crippen LogP contribution in [0.2, 0.25) is 0 Å². The molecule has 3 heterocycles. The highest BCUT2D eigenvalue weighted by atomic mass is 32.1. The van der Waals surface area contributed by atoms with Crippen molar-refractivity contribution < 1.29 is 13.6 Å². The summed E-state index contributed by atoms with van der Waals surface area (Å²) in [6.45, 7) is 3.78. The van der Waals surface area contributed by atoms with Crippen molar-refractivity contribution in [3.63, 3.8) is 0 Å². The molecule has 1 aliphatic rings. The fraction of sp³-hybridized carbons (Fsp3) is 0.308. The number of aryl methyl sites for hydroxylation is 1. The SMILES string of the molecule is Cc1csc(C2CC(F)CN2C(=O)c2cccc(-c3nnc(C(C)(N)Cc4ccccc4)o3)c2)n1. The average molecular weight is 492 g/mol. The summed E-state index contributed by atoms with van der Waals surface area (Å²) >= 11 is 1.45. The van der Waals surface area contributed by atoms with Crippen LogP contribution in [0, 0.1) is 6.92 Å². The van der Waals surface area contributed by atoms with Gasteiger partial charge in [-0.25, -0.2) is 9.37 Å². The number of nitrogens with zero attached hydrogens (tertiary/aromatic N) is 4. The van der Waals surface area contributed by atoms with Crippen molar-refractivity contribution in [1.29, 1.82) is 0 Å². The monoisotopic (exact) mass is 491 g/mol. The van der Waals surface area contributed by atoms with Crippen molar-refractivity contribution in [3.05, 3.63) is 87.7 Å². The van der Waals surface area contributed by atoms with Gasteiger partial charge >= 0.3 is 0 Å². The van der Waals surface area contributed by atoms with E-state index in [1.165, 1.54) is 11.3 Å². The highest BCUT2D eigenvalue weighted by molar-refractivity contribution is 7.09. The fourth-order valence-electron chi connectivity index (χ4n) is 4.39. The minimum Gasteiger partial charge on any atom is -0.419 e. The van der Waals surface area contributed by atoms with E-state index in [2.05, 4.69) is 15.2 Å². The Morgan fingerprint density at radius 1 is 1.23 bits per heavy atom. The molecular formula is C26H26FN5O2S. The number of benzene rings is 2. The molecule has 0 spiro atoms. The third-order valence-corrected chi connectivity index (χ3v) is 7.18. The number of carbonyl (C=O) groups excluding carboxylic acids is 1. The van der Waals surface area contributed by atoms with E-state index in [-0.39, 0.29) is 30.8 Å². The van der Waals surface area contributed by atoms with Gasteiger partial charge in [0.1, 0.15) is 11.2 Å². The molecule has 1 saturated heterocycles. The molecule has 35 heavy (non-hydrogen) atoms. The summed E-state index contributed by atoms with van der Waals surface area (Å²) in [5, 5.41) is 11.0. The highest BCUT2D eigenvalue weighted by Crippen LogP contribution is 2.36. The van der Waals surface area contributed by atoms with Crippen LogP contribution in [0.1, 0.15) is 51.9 Å². The van der Waals surface area contributed by atoms with Crippen LogP contribution in [-0.4, -0.2) is 38.7 Å². The lowest BCUT2D eigenvalue weighted by molar-refractivity contribution is 0.0728. The van der Waals surface area contributed by atoms with Crippen molar-refractivity contribution in [1.82, 2.24) is 20.1 Å². The van der Waals surface area contributed by atoms with E-state index in [4.69, 9.17) is 10.2 Å². The molecular weight excluding hydrogens is 465 g/mol. The van der Waals surface area contributed by atoms with Crippen LogP contribution in [0.25, 0.3) is 11.5 Å². The quantitative estimate of drug-likeness (QED) is 0.414. The molecule has 1 aliphatic heterocycles. The summed E-state index contributed by atoms with van der Waals surface area (Å²) in [5.41, 5.74) is 8.61. The number of hydrogen-bond acceptors (Lipinski definition) is 7. The number of carbonyl (C=O) groups is 1. The molecule has 9 heteroatoms. The normalized spacial score (nSPS) is 19.6. The maximum absolute atomic E-state index is 14.3. The Labute approximate surface area is 206 Å². The van der Waals surface area contributed by atoms with Gasteiger partial charge in [-0.05, 0) is 44.0 Å². The molecule has 3 unspecified atom stereocenters. The molecule has 3 atom stereocenters. The number of halogens is 1. The van der Waals surface area contributed by atoms with E-state index in [0.29, 0.717) is 23.4 Å². The van der Waals surface area contributed by atoms with Crippen molar-refractivity contribution in [2.75, 3.05) is 6.54 Å². The molecule has 0 aliphatic carbocycles. The zero-order chi connectivity index (χ0) is 24.6. The minimum absolute atomic E-state index is 0.0437. The Balaban J connectivity index is 1.37. The highest BCUT2D eigenvalue weighted by Gasteiger charge is 2.38. The fourth-order valence-corrected chi connectivity index (χ4v) is 5.31. The lowest BCUT2D eigenvalue weighted by atomic mass is 9.94. The summed E-state index contributed by atoms with van der Waals surface area (Å²) in [7, 11) is 0. The number of hydrogen-bond donors (Lipinski definition) is 1. The van der Waals surface area contributed by atoms with Gasteiger partial charge in [-0.15, -0.1) is 21.5 Å². The van der Waals surface area contributed by atoms with Gasteiger partial charge in [-0.2, -0.15) is 0 Å². The largest absolute Gasteiger partial charge is 0.419 e. The second-order valence-electron chi connectivity index (χ2n) is 9.21. The summed E-state index contributed by atoms with van der Waals surface area (Å²) in [4.78, 5) is 19.4. The van der Waals surface area contributed by atoms with Gasteiger partial charge in [0, 0.05) is 28.6 Å². The first-order valence-corrected chi connectivity index (χ1v) is 12.3. The number of nitrogens with two attached hydrogens (primary N) is 1. The second kappa shape index (κ2) is 9.31. The van der Waals surface area contributed by atoms with E-state index in [1.807, 2.05) is 49.6 Å². The number of rotatable bonds is 6. The van der Waals surface area contributed by atoms with Gasteiger partial charge in [0.25, 0.3) is 5.91 Å². The number of amides is 1. The Kier molecular flexibility index (Phi) is 6.21. The first-order chi connectivity index (χ1) is 16.8. The molecule has 0 bridgehead atoms. The van der Waals surface area contributed by atoms with Gasteiger partial charge in [0.05, 0.1) is 18.1 Å². The first-order valence-electron chi connectivity index (χ1n) is 11.4. The second-order valence-corrected chi connectivity index (χ2v) is 10.1. The van der Waals surface area contributed by atoms with E-state index in [0.717, 1.165) is 16.3 Å². The van der Waals surface area contributed by atoms with Crippen LogP contribution in [0.15, 0.2) is 64.4 Å². The predicted octanol–water partition coefficient (Wildman–Crippen LogP) is 4.84. The Hall–Kier alpha value is -3.43. The van der Waals surface area contributed by atoms with Gasteiger partial charge in [0.15, 0.2) is 0 Å². The smallest absolute Gasteiger partial charge is 0.254 e. The predicted molar refractivity (Wildman–Crippen MR) is 132 cm³/mol. The minimum atomic E-state index is -1.08. The summed E-state index contributed by atoms with van der Waals surface area (Å²) in [6.07, 6.45) is -0.297. The molecule has 2 aromatic carbocycles. The van der Waals surface area contributed by atoms with Crippen LogP contribution < -0.4 is 5.73 Å². The number of aromatic nitrogens is 3. The summed E-state index contributed by atoms with van der Waals surface area (Å²) < 4.78 is 20.3. The number of likely N-dealkylation sites (tertiary alicyclic amines) is 1. The van der Waals surface area contributed by atoms with Crippen LogP contribution in [0.3, 0.4) is 0 Å². The van der Waals surface area contributed by atoms with E-state index in [1.54, 1.807) is 29.2 Å². The number of thiazole rings is 1. The van der Waals surface area contributed by atoms with Gasteiger partial charge in [-0.1, -0.05) is 36.4 Å². The molecule has 1 fully saturated rings. The number of alkyl halides is 1. The van der Waals surface area contributed by atoms with Gasteiger partial charge in [-0.3, -0.25) is 4.79 Å². The maximum Gasteiger partial charge on any atom is 0.254 e. The lowest BCUT2D eigenvalue weighted by Gasteiger charge is -2.23. The lowest BCUT2D eigenvalue weighted by Crippen LogP contribution is -2.35. The Morgan fingerprint density at radius 2 is 2.03 bits per heavy atom. The van der Waals surface area contributed by atoms with Gasteiger partial charge < -0.3 is 15.1 Å². The van der Waals surface area contributed by atoms with E-state index in [9.17, 15) is 9.18 Å². The average Bonchev–Trinajstić information content (AvgIpc) is 3.59. The molecule has 2 aromatic heterocycles. The van der Waals surface area contributed by atoms with E-state index >= 15 is 0 Å². The molecule has 1 amide bonds. The third-order valence-electron chi connectivity index (χ3n) is 6.12. The summed E-state index contributed by atoms with van der Waals surface area (Å²) in [6, 6.07) is 16.4. The molecule has 0 saturated carbocycles. The zero-order valence-electron chi connectivity index (χ0n) is 19.5. The Bertz CT molecular complexity index is 1340. The van der Waals surface area contributed by atoms with Crippen molar-refractivity contribution in [2.45, 2.75) is 44.4 Å². The standard InChI is InChI=1S/C26H26FN5O2S/c1-16-15-35-23(29-16)21-12-20(27)14-32(21)24(33)19-10-6-9-18(11-19)22-30-31-25(34-22)26(2,28)13-17-7-4-3-5-8-17/h3-11,15,20-21H,12-14,28H2,1-2H3. The first kappa shape index (κ1) is 23.3. The van der Waals surface area contributed by atoms with Crippen LogP contribution >= 0.6 is 11.3 Å². The summed E-state index contributed by atoms with van der Waals surface area (Å²) in [5.74, 6) is 0.334. The molecule has 180 valence electrons. The third kappa shape index (κ3) is 4.87. The Morgan fingerprint density at radius 3 is 2.77 bits per heavy atom. The van der Waals surface area contributed by atoms with Crippen molar-refractivity contribution in [3.8, 4) is 11.5 Å².